The molecular weight excluding hydrogens is 779 g/mol. The fraction of sp³-hybridized carbons (Fsp3) is 0.250. The standard InChI is InChI=1S/C32H33N2O.C12H10N.Ir/c1-20-19-33-28(27-10-8-9-25-26-16-11-21(2)34-30(26)35-29(25)27)17-22(20)18-32(6,7)24-14-12-23(13-15-24)31(3,4)5;1-10-7-8-12(13-9-10)11-5-3-2-4-6-11;/h8-9,11-17,19H,18H2,1-7H3;2-5,7-9H,1H3;/q2*-1;/i1D3,2D3,18D2;1D3;. The molecule has 0 aliphatic carbocycles. The van der Waals surface area contributed by atoms with Gasteiger partial charge in [0.2, 0.25) is 5.71 Å². The van der Waals surface area contributed by atoms with Crippen LogP contribution in [0.5, 0.6) is 0 Å². The molecule has 0 saturated heterocycles. The quantitative estimate of drug-likeness (QED) is 0.162. The van der Waals surface area contributed by atoms with Crippen molar-refractivity contribution in [3.05, 3.63) is 149 Å². The van der Waals surface area contributed by atoms with E-state index in [0.29, 0.717) is 21.9 Å². The average Bonchev–Trinajstić information content (AvgIpc) is 3.55. The summed E-state index contributed by atoms with van der Waals surface area (Å²) in [5.41, 5.74) is 3.31. The monoisotopic (exact) mass is 833 g/mol. The number of fused-ring (bicyclic) bond motifs is 3. The molecule has 0 fully saturated rings. The zero-order valence-corrected chi connectivity index (χ0v) is 30.3. The maximum absolute atomic E-state index is 9.39. The number of rotatable bonds is 5. The van der Waals surface area contributed by atoms with Crippen molar-refractivity contribution in [3.8, 4) is 22.5 Å². The SMILES string of the molecule is [2H]C([2H])([2H])c1ccc(-c2[c-]cccc2)nc1.[2H]C([2H])([2H])c1ccc2c(n1)oc1c(-c3cc(C([2H])([2H])C(C)(C)c4ccc(C(C)(C)C)cc4)c(C([2H])([2H])[2H])cn3)[c-]ccc12.[Ir]. The van der Waals surface area contributed by atoms with Gasteiger partial charge in [-0.3, -0.25) is 0 Å². The molecule has 0 aliphatic rings. The second-order valence-corrected chi connectivity index (χ2v) is 13.1. The summed E-state index contributed by atoms with van der Waals surface area (Å²) in [5, 5.41) is 1.26. The summed E-state index contributed by atoms with van der Waals surface area (Å²) < 4.78 is 94.2. The third-order valence-corrected chi connectivity index (χ3v) is 8.13. The minimum absolute atomic E-state index is 0. The van der Waals surface area contributed by atoms with Crippen LogP contribution in [0.15, 0.2) is 108 Å². The molecule has 251 valence electrons. The molecule has 0 spiro atoms. The second-order valence-electron chi connectivity index (χ2n) is 13.1. The van der Waals surface area contributed by atoms with Crippen molar-refractivity contribution < 1.29 is 39.6 Å². The van der Waals surface area contributed by atoms with Gasteiger partial charge in [-0.1, -0.05) is 88.0 Å². The second kappa shape index (κ2) is 14.6. The van der Waals surface area contributed by atoms with Gasteiger partial charge in [-0.2, -0.15) is 0 Å². The van der Waals surface area contributed by atoms with Crippen LogP contribution in [0.3, 0.4) is 0 Å². The molecule has 7 aromatic rings. The number of benzene rings is 3. The van der Waals surface area contributed by atoms with Gasteiger partial charge >= 0.3 is 0 Å². The number of aryl methyl sites for hydroxylation is 3. The Bertz CT molecular complexity index is 2590. The van der Waals surface area contributed by atoms with Crippen molar-refractivity contribution >= 4 is 22.1 Å². The number of hydrogen-bond donors (Lipinski definition) is 0. The molecule has 0 bridgehead atoms. The van der Waals surface area contributed by atoms with Crippen LogP contribution in [0.25, 0.3) is 44.6 Å². The minimum atomic E-state index is -2.62. The molecule has 3 aromatic carbocycles. The van der Waals surface area contributed by atoms with Crippen molar-refractivity contribution in [2.45, 2.75) is 72.4 Å². The maximum Gasteiger partial charge on any atom is 0.216 e. The van der Waals surface area contributed by atoms with E-state index in [1.165, 1.54) is 24.5 Å². The molecule has 0 saturated carbocycles. The summed E-state index contributed by atoms with van der Waals surface area (Å²) in [7, 11) is 0. The number of nitrogens with zero attached hydrogens (tertiary/aromatic N) is 3. The largest absolute Gasteiger partial charge is 0.486 e. The van der Waals surface area contributed by atoms with Gasteiger partial charge in [0.05, 0.1) is 5.58 Å². The molecule has 0 unspecified atom stereocenters. The van der Waals surface area contributed by atoms with Gasteiger partial charge in [0.25, 0.3) is 0 Å². The first-order valence-electron chi connectivity index (χ1n) is 21.1. The topological polar surface area (TPSA) is 51.8 Å². The van der Waals surface area contributed by atoms with Crippen LogP contribution in [0.1, 0.15) is 83.2 Å². The number of furan rings is 1. The third-order valence-electron chi connectivity index (χ3n) is 8.13. The van der Waals surface area contributed by atoms with Gasteiger partial charge in [-0.05, 0) is 89.1 Å². The van der Waals surface area contributed by atoms with Crippen molar-refractivity contribution in [1.82, 2.24) is 15.0 Å². The van der Waals surface area contributed by atoms with Crippen LogP contribution >= 0.6 is 0 Å². The molecule has 0 N–H and O–H groups in total. The Labute approximate surface area is 319 Å². The Morgan fingerprint density at radius 2 is 1.55 bits per heavy atom. The molecule has 0 aliphatic heterocycles. The summed E-state index contributed by atoms with van der Waals surface area (Å²) >= 11 is 0. The van der Waals surface area contributed by atoms with Gasteiger partial charge < -0.3 is 14.4 Å². The minimum Gasteiger partial charge on any atom is -0.486 e. The third kappa shape index (κ3) is 8.07. The molecule has 49 heavy (non-hydrogen) atoms. The van der Waals surface area contributed by atoms with E-state index in [1.54, 1.807) is 50.2 Å². The number of pyridine rings is 3. The van der Waals surface area contributed by atoms with E-state index in [-0.39, 0.29) is 59.3 Å². The van der Waals surface area contributed by atoms with Crippen molar-refractivity contribution in [3.63, 3.8) is 0 Å². The zero-order chi connectivity index (χ0) is 43.3. The Balaban J connectivity index is 0.000000336. The first-order chi connectivity index (χ1) is 27.3. The molecule has 7 rings (SSSR count). The van der Waals surface area contributed by atoms with Crippen LogP contribution in [0, 0.1) is 32.7 Å². The maximum atomic E-state index is 9.39. The van der Waals surface area contributed by atoms with Gasteiger partial charge in [0, 0.05) is 58.7 Å². The van der Waals surface area contributed by atoms with Gasteiger partial charge in [-0.15, -0.1) is 54.1 Å². The Morgan fingerprint density at radius 3 is 2.22 bits per heavy atom. The van der Waals surface area contributed by atoms with Gasteiger partial charge in [0.1, 0.15) is 0 Å². The summed E-state index contributed by atoms with van der Waals surface area (Å²) in [6, 6.07) is 32.6. The molecule has 4 heterocycles. The predicted molar refractivity (Wildman–Crippen MR) is 198 cm³/mol. The van der Waals surface area contributed by atoms with E-state index in [1.807, 2.05) is 42.5 Å². The van der Waals surface area contributed by atoms with Crippen LogP contribution in [-0.2, 0) is 37.3 Å². The van der Waals surface area contributed by atoms with Gasteiger partial charge in [0.15, 0.2) is 0 Å². The summed E-state index contributed by atoms with van der Waals surface area (Å²) in [5.74, 6) is 0. The Morgan fingerprint density at radius 1 is 0.755 bits per heavy atom. The molecule has 0 amide bonds. The Hall–Kier alpha value is -4.44. The molecular formula is C44H43IrN3O-2. The van der Waals surface area contributed by atoms with Crippen LogP contribution in [0.4, 0.5) is 0 Å². The summed E-state index contributed by atoms with van der Waals surface area (Å²) in [6.07, 6.45) is 0.452. The number of hydrogen-bond acceptors (Lipinski definition) is 4. The first kappa shape index (κ1) is 23.8. The molecule has 4 aromatic heterocycles. The summed E-state index contributed by atoms with van der Waals surface area (Å²) in [4.78, 5) is 12.8. The smallest absolute Gasteiger partial charge is 0.216 e. The first-order valence-corrected chi connectivity index (χ1v) is 15.6. The van der Waals surface area contributed by atoms with E-state index in [4.69, 9.17) is 16.8 Å². The summed E-state index contributed by atoms with van der Waals surface area (Å²) in [6.45, 7) is 2.73. The fourth-order valence-corrected chi connectivity index (χ4v) is 5.41. The van der Waals surface area contributed by atoms with E-state index in [2.05, 4.69) is 47.9 Å². The fourth-order valence-electron chi connectivity index (χ4n) is 5.41. The average molecular weight is 833 g/mol. The Kier molecular flexibility index (Phi) is 7.09. The van der Waals surface area contributed by atoms with Crippen LogP contribution < -0.4 is 0 Å². The molecule has 1 radical (unpaired) electrons. The normalized spacial score (nSPS) is 16.0. The molecule has 0 atom stereocenters. The molecule has 4 nitrogen and oxygen atoms in total. The van der Waals surface area contributed by atoms with E-state index < -0.39 is 32.3 Å². The van der Waals surface area contributed by atoms with E-state index in [0.717, 1.165) is 22.4 Å². The number of aromatic nitrogens is 3. The van der Waals surface area contributed by atoms with Crippen molar-refractivity contribution in [1.29, 1.82) is 0 Å². The van der Waals surface area contributed by atoms with E-state index in [9.17, 15) is 2.74 Å². The zero-order valence-electron chi connectivity index (χ0n) is 38.9. The molecule has 5 heteroatoms. The van der Waals surface area contributed by atoms with Crippen molar-refractivity contribution in [2.75, 3.05) is 0 Å². The van der Waals surface area contributed by atoms with Crippen molar-refractivity contribution in [2.24, 2.45) is 0 Å². The van der Waals surface area contributed by atoms with Crippen LogP contribution in [-0.4, -0.2) is 15.0 Å². The van der Waals surface area contributed by atoms with Crippen LogP contribution in [0.2, 0.25) is 0 Å². The van der Waals surface area contributed by atoms with Gasteiger partial charge in [-0.25, -0.2) is 4.98 Å². The predicted octanol–water partition coefficient (Wildman–Crippen LogP) is 11.1. The van der Waals surface area contributed by atoms with E-state index >= 15 is 0 Å².